The zero-order valence-electron chi connectivity index (χ0n) is 9.72. The Labute approximate surface area is 109 Å². The quantitative estimate of drug-likeness (QED) is 0.731. The second kappa shape index (κ2) is 3.21. The Bertz CT molecular complexity index is 628. The Balaban J connectivity index is 2.00. The molecule has 2 heterocycles. The van der Waals surface area contributed by atoms with E-state index in [0.717, 1.165) is 22.5 Å². The number of nitrogens with zero attached hydrogens (tertiary/aromatic N) is 2. The molecule has 0 amide bonds. The standard InChI is InChI=1S/C13H13ClN2S/c1-13(5-6-13)12-15-10(14)9-7-3-2-4-8(7)17-11(9)16-12/h2-6H2,1H3. The number of halogens is 1. The molecular formula is C13H13ClN2S. The maximum absolute atomic E-state index is 6.38. The number of fused-ring (bicyclic) bond motifs is 3. The fraction of sp³-hybridized carbons (Fsp3) is 0.538. The van der Waals surface area contributed by atoms with E-state index in [9.17, 15) is 0 Å². The lowest BCUT2D eigenvalue weighted by Crippen LogP contribution is -2.06. The number of thiophene rings is 1. The third-order valence-electron chi connectivity index (χ3n) is 4.06. The monoisotopic (exact) mass is 264 g/mol. The van der Waals surface area contributed by atoms with Gasteiger partial charge in [0.05, 0.1) is 5.39 Å². The smallest absolute Gasteiger partial charge is 0.141 e. The largest absolute Gasteiger partial charge is 0.221 e. The fourth-order valence-electron chi connectivity index (χ4n) is 2.63. The summed E-state index contributed by atoms with van der Waals surface area (Å²) in [5.74, 6) is 0.954. The molecule has 2 nitrogen and oxygen atoms in total. The van der Waals surface area contributed by atoms with Crippen molar-refractivity contribution >= 4 is 33.2 Å². The van der Waals surface area contributed by atoms with Crippen molar-refractivity contribution < 1.29 is 0 Å². The number of hydrogen-bond donors (Lipinski definition) is 0. The van der Waals surface area contributed by atoms with E-state index in [4.69, 9.17) is 16.6 Å². The highest BCUT2D eigenvalue weighted by molar-refractivity contribution is 7.19. The van der Waals surface area contributed by atoms with Gasteiger partial charge in [-0.15, -0.1) is 11.3 Å². The van der Waals surface area contributed by atoms with Crippen LogP contribution in [0.5, 0.6) is 0 Å². The van der Waals surface area contributed by atoms with Crippen LogP contribution in [0.3, 0.4) is 0 Å². The summed E-state index contributed by atoms with van der Waals surface area (Å²) in [6.45, 7) is 2.23. The Kier molecular flexibility index (Phi) is 1.94. The molecule has 2 aliphatic rings. The van der Waals surface area contributed by atoms with E-state index < -0.39 is 0 Å². The summed E-state index contributed by atoms with van der Waals surface area (Å²) >= 11 is 8.20. The first-order valence-electron chi connectivity index (χ1n) is 6.16. The lowest BCUT2D eigenvalue weighted by molar-refractivity contribution is 0.716. The molecule has 1 saturated carbocycles. The molecule has 1 fully saturated rings. The zero-order chi connectivity index (χ0) is 11.6. The summed E-state index contributed by atoms with van der Waals surface area (Å²) in [6.07, 6.45) is 5.99. The van der Waals surface area contributed by atoms with Crippen molar-refractivity contribution in [3.63, 3.8) is 0 Å². The molecule has 0 N–H and O–H groups in total. The van der Waals surface area contributed by atoms with Crippen LogP contribution in [0.4, 0.5) is 0 Å². The molecule has 0 bridgehead atoms. The summed E-state index contributed by atoms with van der Waals surface area (Å²) < 4.78 is 0. The average Bonchev–Trinajstić information content (AvgIpc) is 2.73. The first-order valence-corrected chi connectivity index (χ1v) is 7.35. The first kappa shape index (κ1) is 10.3. The molecule has 88 valence electrons. The Hall–Kier alpha value is -0.670. The molecule has 0 aliphatic heterocycles. The molecule has 17 heavy (non-hydrogen) atoms. The topological polar surface area (TPSA) is 25.8 Å². The van der Waals surface area contributed by atoms with Crippen LogP contribution in [-0.2, 0) is 18.3 Å². The van der Waals surface area contributed by atoms with Crippen molar-refractivity contribution in [3.8, 4) is 0 Å². The van der Waals surface area contributed by atoms with E-state index in [1.54, 1.807) is 0 Å². The van der Waals surface area contributed by atoms with E-state index in [2.05, 4.69) is 11.9 Å². The number of aromatic nitrogens is 2. The average molecular weight is 265 g/mol. The lowest BCUT2D eigenvalue weighted by Gasteiger charge is -2.07. The van der Waals surface area contributed by atoms with Crippen LogP contribution in [0, 0.1) is 0 Å². The predicted molar refractivity (Wildman–Crippen MR) is 71.0 cm³/mol. The van der Waals surface area contributed by atoms with Gasteiger partial charge in [0.2, 0.25) is 0 Å². The number of hydrogen-bond acceptors (Lipinski definition) is 3. The maximum atomic E-state index is 6.38. The minimum Gasteiger partial charge on any atom is -0.221 e. The van der Waals surface area contributed by atoms with Gasteiger partial charge < -0.3 is 0 Å². The van der Waals surface area contributed by atoms with Crippen LogP contribution in [-0.4, -0.2) is 9.97 Å². The van der Waals surface area contributed by atoms with Crippen molar-refractivity contribution in [1.82, 2.24) is 9.97 Å². The molecule has 2 aromatic heterocycles. The van der Waals surface area contributed by atoms with Gasteiger partial charge in [0, 0.05) is 10.3 Å². The van der Waals surface area contributed by atoms with Crippen LogP contribution in [0.2, 0.25) is 5.15 Å². The van der Waals surface area contributed by atoms with Crippen molar-refractivity contribution in [2.45, 2.75) is 44.4 Å². The third-order valence-corrected chi connectivity index (χ3v) is 5.52. The Morgan fingerprint density at radius 2 is 2.06 bits per heavy atom. The summed E-state index contributed by atoms with van der Waals surface area (Å²) in [5, 5.41) is 1.81. The van der Waals surface area contributed by atoms with Gasteiger partial charge in [-0.3, -0.25) is 0 Å². The minimum atomic E-state index is 0.201. The van der Waals surface area contributed by atoms with Crippen LogP contribution >= 0.6 is 22.9 Å². The Morgan fingerprint density at radius 1 is 1.24 bits per heavy atom. The summed E-state index contributed by atoms with van der Waals surface area (Å²) in [4.78, 5) is 11.9. The van der Waals surface area contributed by atoms with Gasteiger partial charge in [0.1, 0.15) is 15.8 Å². The second-order valence-corrected chi connectivity index (χ2v) is 6.88. The molecular weight excluding hydrogens is 252 g/mol. The van der Waals surface area contributed by atoms with Crippen molar-refractivity contribution in [2.75, 3.05) is 0 Å². The number of aryl methyl sites for hydroxylation is 2. The predicted octanol–water partition coefficient (Wildman–Crippen LogP) is 3.88. The van der Waals surface area contributed by atoms with Crippen molar-refractivity contribution in [1.29, 1.82) is 0 Å². The third kappa shape index (κ3) is 1.39. The second-order valence-electron chi connectivity index (χ2n) is 5.44. The molecule has 2 aliphatic carbocycles. The highest BCUT2D eigenvalue weighted by Gasteiger charge is 2.42. The number of rotatable bonds is 1. The van der Waals surface area contributed by atoms with Gasteiger partial charge in [-0.1, -0.05) is 18.5 Å². The molecule has 0 spiro atoms. The van der Waals surface area contributed by atoms with E-state index in [1.165, 1.54) is 36.1 Å². The molecule has 0 radical (unpaired) electrons. The van der Waals surface area contributed by atoms with Gasteiger partial charge in [-0.05, 0) is 37.7 Å². The van der Waals surface area contributed by atoms with Crippen LogP contribution in [0.25, 0.3) is 10.2 Å². The fourth-order valence-corrected chi connectivity index (χ4v) is 4.23. The maximum Gasteiger partial charge on any atom is 0.141 e. The van der Waals surface area contributed by atoms with E-state index in [0.29, 0.717) is 5.15 Å². The highest BCUT2D eigenvalue weighted by Crippen LogP contribution is 2.48. The normalized spacial score (nSPS) is 20.8. The lowest BCUT2D eigenvalue weighted by atomic mass is 10.1. The summed E-state index contributed by atoms with van der Waals surface area (Å²) in [5.41, 5.74) is 1.62. The van der Waals surface area contributed by atoms with E-state index in [-0.39, 0.29) is 5.41 Å². The van der Waals surface area contributed by atoms with Gasteiger partial charge in [-0.25, -0.2) is 9.97 Å². The molecule has 0 aromatic carbocycles. The molecule has 2 aromatic rings. The minimum absolute atomic E-state index is 0.201. The van der Waals surface area contributed by atoms with Crippen LogP contribution < -0.4 is 0 Å². The first-order chi connectivity index (χ1) is 8.17. The summed E-state index contributed by atoms with van der Waals surface area (Å²) in [6, 6.07) is 0. The molecule has 0 unspecified atom stereocenters. The summed E-state index contributed by atoms with van der Waals surface area (Å²) in [7, 11) is 0. The van der Waals surface area contributed by atoms with Gasteiger partial charge >= 0.3 is 0 Å². The van der Waals surface area contributed by atoms with Crippen LogP contribution in [0.15, 0.2) is 0 Å². The van der Waals surface area contributed by atoms with Gasteiger partial charge in [0.15, 0.2) is 0 Å². The molecule has 0 atom stereocenters. The van der Waals surface area contributed by atoms with E-state index >= 15 is 0 Å². The van der Waals surface area contributed by atoms with Crippen molar-refractivity contribution in [2.24, 2.45) is 0 Å². The van der Waals surface area contributed by atoms with Crippen molar-refractivity contribution in [3.05, 3.63) is 21.4 Å². The SMILES string of the molecule is CC1(c2nc(Cl)c3c4c(sc3n2)CCC4)CC1. The Morgan fingerprint density at radius 3 is 2.82 bits per heavy atom. The van der Waals surface area contributed by atoms with Gasteiger partial charge in [0.25, 0.3) is 0 Å². The van der Waals surface area contributed by atoms with Crippen LogP contribution in [0.1, 0.15) is 42.5 Å². The molecule has 0 saturated heterocycles. The zero-order valence-corrected chi connectivity index (χ0v) is 11.3. The molecule has 4 rings (SSSR count). The highest BCUT2D eigenvalue weighted by atomic mass is 35.5. The van der Waals surface area contributed by atoms with E-state index in [1.807, 2.05) is 11.3 Å². The molecule has 4 heteroatoms. The van der Waals surface area contributed by atoms with Gasteiger partial charge in [-0.2, -0.15) is 0 Å².